The Morgan fingerprint density at radius 1 is 1.08 bits per heavy atom. The number of nitriles is 2. The fourth-order valence-electron chi connectivity index (χ4n) is 2.49. The monoisotopic (exact) mass is 423 g/mol. The Labute approximate surface area is 167 Å². The molecule has 0 aliphatic carbocycles. The van der Waals surface area contributed by atoms with E-state index in [0.29, 0.717) is 5.57 Å². The molecule has 26 heavy (non-hydrogen) atoms. The summed E-state index contributed by atoms with van der Waals surface area (Å²) in [6.45, 7) is 0.741. The van der Waals surface area contributed by atoms with Crippen LogP contribution < -0.4 is 0 Å². The van der Waals surface area contributed by atoms with Gasteiger partial charge in [0.2, 0.25) is 0 Å². The predicted molar refractivity (Wildman–Crippen MR) is 112 cm³/mol. The van der Waals surface area contributed by atoms with Crippen LogP contribution >= 0.6 is 27.7 Å². The third-order valence-corrected chi connectivity index (χ3v) is 5.31. The summed E-state index contributed by atoms with van der Waals surface area (Å²) in [5.74, 6) is 0. The van der Waals surface area contributed by atoms with E-state index in [2.05, 4.69) is 33.0 Å². The van der Waals surface area contributed by atoms with Gasteiger partial charge in [-0.1, -0.05) is 64.5 Å². The summed E-state index contributed by atoms with van der Waals surface area (Å²) in [6.07, 6.45) is 3.90. The van der Waals surface area contributed by atoms with Gasteiger partial charge in [0.25, 0.3) is 0 Å². The van der Waals surface area contributed by atoms with E-state index in [-0.39, 0.29) is 5.57 Å². The van der Waals surface area contributed by atoms with Crippen molar-refractivity contribution >= 4 is 33.3 Å². The van der Waals surface area contributed by atoms with Crippen molar-refractivity contribution in [3.05, 3.63) is 86.9 Å². The van der Waals surface area contributed by atoms with E-state index >= 15 is 0 Å². The zero-order valence-corrected chi connectivity index (χ0v) is 17.0. The minimum absolute atomic E-state index is 0.0940. The van der Waals surface area contributed by atoms with Crippen molar-refractivity contribution in [2.45, 2.75) is 6.54 Å². The van der Waals surface area contributed by atoms with E-state index in [0.717, 1.165) is 21.6 Å². The molecule has 0 heterocycles. The van der Waals surface area contributed by atoms with Gasteiger partial charge in [-0.05, 0) is 29.5 Å². The molecule has 0 amide bonds. The van der Waals surface area contributed by atoms with Gasteiger partial charge in [0.05, 0.1) is 5.03 Å². The van der Waals surface area contributed by atoms with Crippen LogP contribution in [-0.2, 0) is 6.54 Å². The Morgan fingerprint density at radius 3 is 2.27 bits per heavy atom. The van der Waals surface area contributed by atoms with Crippen molar-refractivity contribution in [2.24, 2.45) is 0 Å². The van der Waals surface area contributed by atoms with Gasteiger partial charge in [0.1, 0.15) is 17.7 Å². The highest BCUT2D eigenvalue weighted by Crippen LogP contribution is 2.31. The Hall–Kier alpha value is -2.47. The molecule has 5 heteroatoms. The molecule has 3 nitrogen and oxygen atoms in total. The average Bonchev–Trinajstić information content (AvgIpc) is 2.66. The zero-order chi connectivity index (χ0) is 18.9. The van der Waals surface area contributed by atoms with Crippen LogP contribution in [0.4, 0.5) is 0 Å². The molecule has 0 saturated carbocycles. The molecule has 0 saturated heterocycles. The SMILES string of the molecule is CS/C(=C/C(=C(C#N)C#N)c1ccccc1Br)N(C)Cc1ccccc1. The average molecular weight is 424 g/mol. The molecule has 0 radical (unpaired) electrons. The third-order valence-electron chi connectivity index (χ3n) is 3.77. The molecule has 0 fully saturated rings. The molecular formula is C21H18BrN3S. The quantitative estimate of drug-likeness (QED) is 0.448. The first-order valence-electron chi connectivity index (χ1n) is 7.90. The van der Waals surface area contributed by atoms with Gasteiger partial charge >= 0.3 is 0 Å². The number of nitrogens with zero attached hydrogens (tertiary/aromatic N) is 3. The minimum atomic E-state index is 0.0940. The third kappa shape index (κ3) is 5.02. The zero-order valence-electron chi connectivity index (χ0n) is 14.6. The van der Waals surface area contributed by atoms with E-state index in [1.54, 1.807) is 11.8 Å². The maximum atomic E-state index is 9.41. The smallest absolute Gasteiger partial charge is 0.137 e. The van der Waals surface area contributed by atoms with Crippen molar-refractivity contribution in [1.82, 2.24) is 4.90 Å². The molecule has 0 unspecified atom stereocenters. The fourth-order valence-corrected chi connectivity index (χ4v) is 3.60. The summed E-state index contributed by atoms with van der Waals surface area (Å²) < 4.78 is 0.848. The van der Waals surface area contributed by atoms with E-state index < -0.39 is 0 Å². The molecule has 2 rings (SSSR count). The molecule has 0 bridgehead atoms. The Balaban J connectivity index is 2.47. The topological polar surface area (TPSA) is 50.8 Å². The highest BCUT2D eigenvalue weighted by molar-refractivity contribution is 9.10. The molecule has 130 valence electrons. The van der Waals surface area contributed by atoms with Crippen LogP contribution in [0.25, 0.3) is 5.57 Å². The van der Waals surface area contributed by atoms with Crippen LogP contribution in [0.2, 0.25) is 0 Å². The summed E-state index contributed by atoms with van der Waals surface area (Å²) >= 11 is 5.11. The van der Waals surface area contributed by atoms with E-state index in [9.17, 15) is 10.5 Å². The normalized spacial score (nSPS) is 10.6. The van der Waals surface area contributed by atoms with Gasteiger partial charge < -0.3 is 4.90 Å². The van der Waals surface area contributed by atoms with Gasteiger partial charge in [-0.3, -0.25) is 0 Å². The summed E-state index contributed by atoms with van der Waals surface area (Å²) in [5, 5.41) is 19.8. The van der Waals surface area contributed by atoms with E-state index in [4.69, 9.17) is 0 Å². The molecule has 0 aliphatic rings. The Morgan fingerprint density at radius 2 is 1.69 bits per heavy atom. The molecule has 2 aromatic carbocycles. The summed E-state index contributed by atoms with van der Waals surface area (Å²) in [4.78, 5) is 2.11. The van der Waals surface area contributed by atoms with Crippen LogP contribution in [0.1, 0.15) is 11.1 Å². The van der Waals surface area contributed by atoms with Crippen molar-refractivity contribution in [1.29, 1.82) is 10.5 Å². The number of rotatable bonds is 6. The number of allylic oxidation sites excluding steroid dienone is 3. The van der Waals surface area contributed by atoms with Crippen LogP contribution in [0.15, 0.2) is 75.7 Å². The first-order valence-corrected chi connectivity index (χ1v) is 9.92. The van der Waals surface area contributed by atoms with Gasteiger partial charge in [0, 0.05) is 23.6 Å². The lowest BCUT2D eigenvalue weighted by Gasteiger charge is -2.22. The highest BCUT2D eigenvalue weighted by atomic mass is 79.9. The van der Waals surface area contributed by atoms with Crippen molar-refractivity contribution < 1.29 is 0 Å². The molecule has 0 aliphatic heterocycles. The Kier molecular flexibility index (Phi) is 7.53. The van der Waals surface area contributed by atoms with Gasteiger partial charge in [-0.25, -0.2) is 0 Å². The lowest BCUT2D eigenvalue weighted by molar-refractivity contribution is 0.440. The Bertz CT molecular complexity index is 889. The maximum absolute atomic E-state index is 9.41. The second kappa shape index (κ2) is 9.87. The van der Waals surface area contributed by atoms with Crippen LogP contribution in [0.3, 0.4) is 0 Å². The predicted octanol–water partition coefficient (Wildman–Crippen LogP) is 5.59. The number of benzene rings is 2. The van der Waals surface area contributed by atoms with Crippen molar-refractivity contribution in [2.75, 3.05) is 13.3 Å². The molecule has 0 N–H and O–H groups in total. The first-order chi connectivity index (χ1) is 12.6. The van der Waals surface area contributed by atoms with Crippen LogP contribution in [0.5, 0.6) is 0 Å². The van der Waals surface area contributed by atoms with Crippen LogP contribution in [0, 0.1) is 22.7 Å². The number of halogens is 1. The van der Waals surface area contributed by atoms with Gasteiger partial charge in [-0.2, -0.15) is 10.5 Å². The lowest BCUT2D eigenvalue weighted by atomic mass is 10.0. The second-order valence-electron chi connectivity index (χ2n) is 5.52. The summed E-state index contributed by atoms with van der Waals surface area (Å²) in [5.41, 5.74) is 2.73. The fraction of sp³-hybridized carbons (Fsp3) is 0.143. The van der Waals surface area contributed by atoms with E-state index in [1.807, 2.05) is 74.0 Å². The van der Waals surface area contributed by atoms with Crippen molar-refractivity contribution in [3.8, 4) is 12.1 Å². The highest BCUT2D eigenvalue weighted by Gasteiger charge is 2.13. The lowest BCUT2D eigenvalue weighted by Crippen LogP contribution is -2.15. The molecule has 0 atom stereocenters. The molecule has 0 aromatic heterocycles. The largest absolute Gasteiger partial charge is 0.365 e. The standard InChI is InChI=1S/C21H18BrN3S/c1-25(15-16-8-4-3-5-9-16)21(26-2)12-19(17(13-23)14-24)18-10-6-7-11-20(18)22/h3-12H,15H2,1-2H3/b21-12+. The molecular weight excluding hydrogens is 406 g/mol. The number of hydrogen-bond donors (Lipinski definition) is 0. The number of thioether (sulfide) groups is 1. The molecule has 0 spiro atoms. The van der Waals surface area contributed by atoms with Gasteiger partial charge in [-0.15, -0.1) is 11.8 Å². The molecule has 2 aromatic rings. The maximum Gasteiger partial charge on any atom is 0.137 e. The second-order valence-corrected chi connectivity index (χ2v) is 7.20. The van der Waals surface area contributed by atoms with E-state index in [1.165, 1.54) is 5.56 Å². The summed E-state index contributed by atoms with van der Waals surface area (Å²) in [6, 6.07) is 21.8. The first kappa shape index (κ1) is 19.8. The van der Waals surface area contributed by atoms with Crippen LogP contribution in [-0.4, -0.2) is 18.2 Å². The van der Waals surface area contributed by atoms with Crippen molar-refractivity contribution in [3.63, 3.8) is 0 Å². The summed E-state index contributed by atoms with van der Waals surface area (Å²) in [7, 11) is 2.01. The number of hydrogen-bond acceptors (Lipinski definition) is 4. The minimum Gasteiger partial charge on any atom is -0.365 e. The van der Waals surface area contributed by atoms with Gasteiger partial charge in [0.15, 0.2) is 0 Å².